The van der Waals surface area contributed by atoms with Crippen LogP contribution in [0, 0.1) is 11.7 Å². The van der Waals surface area contributed by atoms with Crippen molar-refractivity contribution in [2.45, 2.75) is 20.8 Å². The third-order valence-electron chi connectivity index (χ3n) is 1.31. The van der Waals surface area contributed by atoms with Crippen LogP contribution in [0.1, 0.15) is 19.5 Å². The van der Waals surface area contributed by atoms with E-state index < -0.39 is 0 Å². The second kappa shape index (κ2) is 3.61. The molecular weight excluding hydrogens is 188 g/mol. The highest BCUT2D eigenvalue weighted by molar-refractivity contribution is 7.71. The van der Waals surface area contributed by atoms with E-state index >= 15 is 0 Å². The summed E-state index contributed by atoms with van der Waals surface area (Å²) in [5.41, 5.74) is 0.816. The number of hydrogen-bond donors (Lipinski definition) is 1. The zero-order valence-electron chi connectivity index (χ0n) is 7.66. The zero-order chi connectivity index (χ0) is 10.0. The zero-order valence-corrected chi connectivity index (χ0v) is 8.47. The highest BCUT2D eigenvalue weighted by Crippen LogP contribution is 1.85. The molecule has 0 amide bonds. The SMILES string of the molecule is CC(C)=Nn1c(=S)[nH]nc(C)c1=O. The Morgan fingerprint density at radius 3 is 2.77 bits per heavy atom. The molecule has 1 aromatic rings. The molecular formula is C7H10N4OS. The summed E-state index contributed by atoms with van der Waals surface area (Å²) in [6.45, 7) is 5.18. The number of nitrogens with one attached hydrogen (secondary N) is 1. The van der Waals surface area contributed by atoms with Gasteiger partial charge in [0.25, 0.3) is 5.56 Å². The van der Waals surface area contributed by atoms with Gasteiger partial charge in [0.1, 0.15) is 5.69 Å². The summed E-state index contributed by atoms with van der Waals surface area (Å²) in [6.07, 6.45) is 0. The third kappa shape index (κ3) is 2.09. The lowest BCUT2D eigenvalue weighted by molar-refractivity contribution is 0.716. The second-order valence-electron chi connectivity index (χ2n) is 2.78. The van der Waals surface area contributed by atoms with E-state index in [-0.39, 0.29) is 10.3 Å². The number of aromatic amines is 1. The largest absolute Gasteiger partial charge is 0.296 e. The van der Waals surface area contributed by atoms with Crippen LogP contribution in [-0.2, 0) is 0 Å². The molecule has 0 unspecified atom stereocenters. The second-order valence-corrected chi connectivity index (χ2v) is 3.17. The lowest BCUT2D eigenvalue weighted by Crippen LogP contribution is -2.23. The van der Waals surface area contributed by atoms with E-state index in [1.54, 1.807) is 20.8 Å². The number of H-pyrrole nitrogens is 1. The molecule has 5 nitrogen and oxygen atoms in total. The summed E-state index contributed by atoms with van der Waals surface area (Å²) in [4.78, 5) is 11.4. The Hall–Kier alpha value is -1.30. The molecule has 0 aliphatic carbocycles. The molecule has 0 fully saturated rings. The standard InChI is InChI=1S/C7H10N4OS/c1-4(2)10-11-6(12)5(3)8-9-7(11)13/h1-3H3,(H,9,13). The minimum absolute atomic E-state index is 0.205. The average molecular weight is 198 g/mol. The Morgan fingerprint density at radius 1 is 1.62 bits per heavy atom. The van der Waals surface area contributed by atoms with E-state index in [9.17, 15) is 4.79 Å². The maximum atomic E-state index is 11.4. The van der Waals surface area contributed by atoms with Gasteiger partial charge in [-0.2, -0.15) is 14.9 Å². The number of rotatable bonds is 1. The molecule has 0 atom stereocenters. The van der Waals surface area contributed by atoms with Gasteiger partial charge in [0, 0.05) is 5.71 Å². The Balaban J connectivity index is 3.53. The van der Waals surface area contributed by atoms with E-state index in [2.05, 4.69) is 15.3 Å². The summed E-state index contributed by atoms with van der Waals surface area (Å²) in [5, 5.41) is 10.2. The number of aryl methyl sites for hydroxylation is 1. The first-order chi connectivity index (χ1) is 6.02. The van der Waals surface area contributed by atoms with Crippen LogP contribution in [0.5, 0.6) is 0 Å². The van der Waals surface area contributed by atoms with Crippen molar-refractivity contribution in [2.75, 3.05) is 0 Å². The van der Waals surface area contributed by atoms with Gasteiger partial charge in [-0.25, -0.2) is 0 Å². The molecule has 0 radical (unpaired) electrons. The maximum Gasteiger partial charge on any atom is 0.296 e. The van der Waals surface area contributed by atoms with Crippen molar-refractivity contribution in [3.05, 3.63) is 20.8 Å². The Morgan fingerprint density at radius 2 is 2.23 bits per heavy atom. The number of hydrogen-bond acceptors (Lipinski definition) is 4. The van der Waals surface area contributed by atoms with Gasteiger partial charge in [-0.3, -0.25) is 9.89 Å². The van der Waals surface area contributed by atoms with Crippen molar-refractivity contribution in [1.29, 1.82) is 0 Å². The van der Waals surface area contributed by atoms with E-state index in [0.29, 0.717) is 5.69 Å². The van der Waals surface area contributed by atoms with Crippen LogP contribution in [0.4, 0.5) is 0 Å². The van der Waals surface area contributed by atoms with E-state index in [1.807, 2.05) is 0 Å². The van der Waals surface area contributed by atoms with Crippen molar-refractivity contribution in [3.63, 3.8) is 0 Å². The molecule has 0 saturated carbocycles. The van der Waals surface area contributed by atoms with Crippen molar-refractivity contribution < 1.29 is 0 Å². The maximum absolute atomic E-state index is 11.4. The molecule has 1 heterocycles. The number of aromatic nitrogens is 3. The first kappa shape index (κ1) is 9.79. The molecule has 6 heteroatoms. The summed E-state index contributed by atoms with van der Waals surface area (Å²) in [7, 11) is 0. The van der Waals surface area contributed by atoms with Crippen LogP contribution in [0.2, 0.25) is 0 Å². The average Bonchev–Trinajstić information content (AvgIpc) is 2.05. The van der Waals surface area contributed by atoms with Gasteiger partial charge in [0.05, 0.1) is 0 Å². The van der Waals surface area contributed by atoms with Gasteiger partial charge >= 0.3 is 0 Å². The fourth-order valence-corrected chi connectivity index (χ4v) is 0.933. The quantitative estimate of drug-likeness (QED) is 0.537. The molecule has 1 N–H and O–H groups in total. The van der Waals surface area contributed by atoms with Crippen molar-refractivity contribution in [1.82, 2.24) is 14.9 Å². The first-order valence-corrected chi connectivity index (χ1v) is 4.13. The summed E-state index contributed by atoms with van der Waals surface area (Å²) < 4.78 is 1.34. The van der Waals surface area contributed by atoms with Crippen LogP contribution in [0.3, 0.4) is 0 Å². The van der Waals surface area contributed by atoms with Gasteiger partial charge < -0.3 is 0 Å². The van der Waals surface area contributed by atoms with Gasteiger partial charge in [-0.05, 0) is 33.0 Å². The molecule has 0 aliphatic heterocycles. The monoisotopic (exact) mass is 198 g/mol. The predicted molar refractivity (Wildman–Crippen MR) is 52.6 cm³/mol. The van der Waals surface area contributed by atoms with E-state index in [1.165, 1.54) is 0 Å². The summed E-state index contributed by atoms with van der Waals surface area (Å²) >= 11 is 4.86. The topological polar surface area (TPSA) is 63.0 Å². The molecule has 1 aromatic heterocycles. The van der Waals surface area contributed by atoms with Gasteiger partial charge in [0.15, 0.2) is 0 Å². The van der Waals surface area contributed by atoms with Gasteiger partial charge in [-0.1, -0.05) is 0 Å². The molecule has 1 rings (SSSR count). The molecule has 0 aromatic carbocycles. The molecule has 0 aliphatic rings. The molecule has 70 valence electrons. The van der Waals surface area contributed by atoms with E-state index in [4.69, 9.17) is 12.2 Å². The Kier molecular flexibility index (Phi) is 2.72. The predicted octanol–water partition coefficient (Wildman–Crippen LogP) is 0.853. The van der Waals surface area contributed by atoms with Crippen LogP contribution in [0.15, 0.2) is 9.90 Å². The fourth-order valence-electron chi connectivity index (χ4n) is 0.763. The summed E-state index contributed by atoms with van der Waals surface area (Å²) in [6, 6.07) is 0. The summed E-state index contributed by atoms with van der Waals surface area (Å²) in [5.74, 6) is 0. The Bertz CT molecular complexity index is 452. The number of nitrogens with zero attached hydrogens (tertiary/aromatic N) is 3. The lowest BCUT2D eigenvalue weighted by atomic mass is 10.5. The van der Waals surface area contributed by atoms with Gasteiger partial charge in [-0.15, -0.1) is 0 Å². The lowest BCUT2D eigenvalue weighted by Gasteiger charge is -1.99. The first-order valence-electron chi connectivity index (χ1n) is 3.73. The van der Waals surface area contributed by atoms with Crippen molar-refractivity contribution >= 4 is 17.9 Å². The van der Waals surface area contributed by atoms with Crippen LogP contribution >= 0.6 is 12.2 Å². The van der Waals surface area contributed by atoms with Crippen LogP contribution in [-0.4, -0.2) is 20.6 Å². The fraction of sp³-hybridized carbons (Fsp3) is 0.429. The Labute approximate surface area is 80.1 Å². The molecule has 0 saturated heterocycles. The highest BCUT2D eigenvalue weighted by Gasteiger charge is 2.00. The minimum Gasteiger partial charge on any atom is -0.265 e. The van der Waals surface area contributed by atoms with Gasteiger partial charge in [0.2, 0.25) is 4.77 Å². The normalized spacial score (nSPS) is 9.77. The minimum atomic E-state index is -0.287. The van der Waals surface area contributed by atoms with Crippen LogP contribution in [0.25, 0.3) is 0 Å². The van der Waals surface area contributed by atoms with Crippen molar-refractivity contribution in [3.8, 4) is 0 Å². The van der Waals surface area contributed by atoms with E-state index in [0.717, 1.165) is 10.4 Å². The third-order valence-corrected chi connectivity index (χ3v) is 1.58. The highest BCUT2D eigenvalue weighted by atomic mass is 32.1. The smallest absolute Gasteiger partial charge is 0.265 e. The van der Waals surface area contributed by atoms with Crippen molar-refractivity contribution in [2.24, 2.45) is 5.10 Å². The molecule has 0 bridgehead atoms. The van der Waals surface area contributed by atoms with Crippen LogP contribution < -0.4 is 5.56 Å². The molecule has 13 heavy (non-hydrogen) atoms. The molecule has 0 spiro atoms.